The van der Waals surface area contributed by atoms with Crippen molar-refractivity contribution in [3.8, 4) is 0 Å². The largest absolute Gasteiger partial charge is 0.377 e. The third-order valence-corrected chi connectivity index (χ3v) is 10.7. The van der Waals surface area contributed by atoms with E-state index in [1.807, 2.05) is 0 Å². The highest BCUT2D eigenvalue weighted by Crippen LogP contribution is 2.67. The number of ether oxygens (including phenoxy) is 1. The normalized spacial score (nSPS) is 43.2. The first-order valence-electron chi connectivity index (χ1n) is 13.8. The van der Waals surface area contributed by atoms with Gasteiger partial charge in [-0.3, -0.25) is 0 Å². The number of allylic oxidation sites excluding steroid dienone is 1. The third kappa shape index (κ3) is 4.42. The molecule has 0 aromatic carbocycles. The van der Waals surface area contributed by atoms with Crippen molar-refractivity contribution >= 4 is 0 Å². The van der Waals surface area contributed by atoms with E-state index in [0.717, 1.165) is 48.5 Å². The Kier molecular flexibility index (Phi) is 7.29. The Morgan fingerprint density at radius 2 is 1.84 bits per heavy atom. The molecule has 3 fully saturated rings. The van der Waals surface area contributed by atoms with Crippen molar-refractivity contribution in [1.82, 2.24) is 0 Å². The lowest BCUT2D eigenvalue weighted by molar-refractivity contribution is -0.0634. The third-order valence-electron chi connectivity index (χ3n) is 10.7. The molecule has 4 aliphatic rings. The number of rotatable bonds is 8. The Morgan fingerprint density at radius 1 is 1.03 bits per heavy atom. The summed E-state index contributed by atoms with van der Waals surface area (Å²) in [5, 5.41) is 0. The topological polar surface area (TPSA) is 35.2 Å². The fraction of sp³-hybridized carbons (Fsp3) is 0.931. The molecule has 178 valence electrons. The van der Waals surface area contributed by atoms with Gasteiger partial charge in [0, 0.05) is 6.54 Å². The molecule has 0 amide bonds. The van der Waals surface area contributed by atoms with Crippen LogP contribution in [0.25, 0.3) is 0 Å². The van der Waals surface area contributed by atoms with Crippen LogP contribution in [0.4, 0.5) is 0 Å². The standard InChI is InChI=1S/C29H51NO/c1-20(2)7-6-8-21(3)25-11-12-26-24-10-9-22-19-23(31-18-17-30)13-15-28(22,4)27(24)14-16-29(25,26)5/h9,20-21,23-27H,6-8,10-19,30H2,1-5H3/t21-,23+,24+,25-,26?,27+,28+,29-/m1/s1. The second kappa shape index (κ2) is 9.49. The van der Waals surface area contributed by atoms with Gasteiger partial charge in [0.15, 0.2) is 0 Å². The van der Waals surface area contributed by atoms with Crippen molar-refractivity contribution in [2.75, 3.05) is 13.2 Å². The number of hydrogen-bond acceptors (Lipinski definition) is 2. The van der Waals surface area contributed by atoms with Crippen LogP contribution in [-0.4, -0.2) is 19.3 Å². The molecular formula is C29H51NO. The first-order chi connectivity index (χ1) is 14.8. The van der Waals surface area contributed by atoms with Crippen molar-refractivity contribution in [2.45, 2.75) is 111 Å². The Bertz CT molecular complexity index is 641. The highest BCUT2D eigenvalue weighted by atomic mass is 16.5. The summed E-state index contributed by atoms with van der Waals surface area (Å²) in [6, 6.07) is 0. The van der Waals surface area contributed by atoms with E-state index < -0.39 is 0 Å². The summed E-state index contributed by atoms with van der Waals surface area (Å²) in [4.78, 5) is 0. The van der Waals surface area contributed by atoms with E-state index in [1.165, 1.54) is 64.2 Å². The van der Waals surface area contributed by atoms with E-state index in [4.69, 9.17) is 10.5 Å². The maximum absolute atomic E-state index is 6.07. The molecule has 0 radical (unpaired) electrons. The molecule has 2 N–H and O–H groups in total. The van der Waals surface area contributed by atoms with Gasteiger partial charge >= 0.3 is 0 Å². The van der Waals surface area contributed by atoms with E-state index in [0.29, 0.717) is 23.5 Å². The lowest BCUT2D eigenvalue weighted by Crippen LogP contribution is -2.51. The van der Waals surface area contributed by atoms with Crippen molar-refractivity contribution in [3.63, 3.8) is 0 Å². The second-order valence-electron chi connectivity index (χ2n) is 12.8. The quantitative estimate of drug-likeness (QED) is 0.409. The van der Waals surface area contributed by atoms with Crippen LogP contribution in [0.3, 0.4) is 0 Å². The van der Waals surface area contributed by atoms with Crippen LogP contribution in [0.5, 0.6) is 0 Å². The summed E-state index contributed by atoms with van der Waals surface area (Å²) in [5.41, 5.74) is 8.46. The Morgan fingerprint density at radius 3 is 2.58 bits per heavy atom. The van der Waals surface area contributed by atoms with Gasteiger partial charge in [0.25, 0.3) is 0 Å². The Hall–Kier alpha value is -0.340. The molecule has 0 bridgehead atoms. The zero-order valence-corrected chi connectivity index (χ0v) is 21.3. The van der Waals surface area contributed by atoms with Crippen molar-refractivity contribution in [3.05, 3.63) is 11.6 Å². The molecule has 3 saturated carbocycles. The first-order valence-corrected chi connectivity index (χ1v) is 13.8. The predicted molar refractivity (Wildman–Crippen MR) is 132 cm³/mol. The molecule has 0 aromatic heterocycles. The Labute approximate surface area is 193 Å². The molecule has 2 nitrogen and oxygen atoms in total. The van der Waals surface area contributed by atoms with Crippen LogP contribution in [-0.2, 0) is 4.74 Å². The minimum Gasteiger partial charge on any atom is -0.377 e. The minimum atomic E-state index is 0.413. The summed E-state index contributed by atoms with van der Waals surface area (Å²) in [7, 11) is 0. The van der Waals surface area contributed by atoms with E-state index in [1.54, 1.807) is 5.57 Å². The van der Waals surface area contributed by atoms with Crippen molar-refractivity contribution < 1.29 is 4.74 Å². The van der Waals surface area contributed by atoms with Crippen LogP contribution in [0.1, 0.15) is 105 Å². The smallest absolute Gasteiger partial charge is 0.0613 e. The number of hydrogen-bond donors (Lipinski definition) is 1. The average molecular weight is 430 g/mol. The average Bonchev–Trinajstić information content (AvgIpc) is 3.09. The lowest BCUT2D eigenvalue weighted by Gasteiger charge is -2.58. The van der Waals surface area contributed by atoms with Gasteiger partial charge in [-0.25, -0.2) is 0 Å². The summed E-state index contributed by atoms with van der Waals surface area (Å²) < 4.78 is 6.07. The van der Waals surface area contributed by atoms with Crippen molar-refractivity contribution in [2.24, 2.45) is 52.1 Å². The van der Waals surface area contributed by atoms with Gasteiger partial charge in [-0.05, 0) is 97.7 Å². The minimum absolute atomic E-state index is 0.413. The molecule has 2 heteroatoms. The maximum Gasteiger partial charge on any atom is 0.0613 e. The monoisotopic (exact) mass is 429 g/mol. The van der Waals surface area contributed by atoms with Gasteiger partial charge in [-0.1, -0.05) is 65.5 Å². The fourth-order valence-corrected chi connectivity index (χ4v) is 9.03. The molecule has 0 aromatic rings. The van der Waals surface area contributed by atoms with E-state index >= 15 is 0 Å². The zero-order valence-electron chi connectivity index (χ0n) is 21.3. The zero-order chi connectivity index (χ0) is 22.2. The molecule has 0 spiro atoms. The molecular weight excluding hydrogens is 378 g/mol. The van der Waals surface area contributed by atoms with Crippen LogP contribution < -0.4 is 5.73 Å². The first kappa shape index (κ1) is 23.8. The summed E-state index contributed by atoms with van der Waals surface area (Å²) in [5.74, 6) is 5.53. The van der Waals surface area contributed by atoms with Gasteiger partial charge in [0.1, 0.15) is 0 Å². The van der Waals surface area contributed by atoms with Gasteiger partial charge in [0.2, 0.25) is 0 Å². The maximum atomic E-state index is 6.07. The van der Waals surface area contributed by atoms with Crippen molar-refractivity contribution in [1.29, 1.82) is 0 Å². The molecule has 4 rings (SSSR count). The number of fused-ring (bicyclic) bond motifs is 5. The highest BCUT2D eigenvalue weighted by Gasteiger charge is 2.59. The lowest BCUT2D eigenvalue weighted by atomic mass is 9.47. The fourth-order valence-electron chi connectivity index (χ4n) is 9.03. The van der Waals surface area contributed by atoms with E-state index in [9.17, 15) is 0 Å². The van der Waals surface area contributed by atoms with Crippen LogP contribution in [0.15, 0.2) is 11.6 Å². The molecule has 1 unspecified atom stereocenters. The van der Waals surface area contributed by atoms with Crippen LogP contribution in [0.2, 0.25) is 0 Å². The van der Waals surface area contributed by atoms with Gasteiger partial charge < -0.3 is 10.5 Å². The Balaban J connectivity index is 1.45. The van der Waals surface area contributed by atoms with Crippen LogP contribution >= 0.6 is 0 Å². The molecule has 0 aliphatic heterocycles. The van der Waals surface area contributed by atoms with E-state index in [2.05, 4.69) is 40.7 Å². The van der Waals surface area contributed by atoms with Gasteiger partial charge in [0.05, 0.1) is 12.7 Å². The van der Waals surface area contributed by atoms with E-state index in [-0.39, 0.29) is 0 Å². The molecule has 31 heavy (non-hydrogen) atoms. The second-order valence-corrected chi connectivity index (χ2v) is 12.8. The summed E-state index contributed by atoms with van der Waals surface area (Å²) in [6.07, 6.45) is 18.4. The van der Waals surface area contributed by atoms with Gasteiger partial charge in [-0.15, -0.1) is 0 Å². The molecule has 0 saturated heterocycles. The van der Waals surface area contributed by atoms with Crippen LogP contribution in [0, 0.1) is 46.3 Å². The number of nitrogens with two attached hydrogens (primary N) is 1. The summed E-state index contributed by atoms with van der Waals surface area (Å²) in [6.45, 7) is 14.0. The van der Waals surface area contributed by atoms with Gasteiger partial charge in [-0.2, -0.15) is 0 Å². The molecule has 4 aliphatic carbocycles. The SMILES string of the molecule is CC(C)CCC[C@@H](C)[C@H]1CCC2[C@@H]3CC=C4C[C@@H](OCCN)CC[C@]4(C)[C@H]3CC[C@@]21C. The predicted octanol–water partition coefficient (Wildman–Crippen LogP) is 7.37. The highest BCUT2D eigenvalue weighted by molar-refractivity contribution is 5.25. The summed E-state index contributed by atoms with van der Waals surface area (Å²) >= 11 is 0. The molecule has 8 atom stereocenters. The molecule has 0 heterocycles.